The fraction of sp³-hybridized carbons (Fsp3) is 0.0417. The number of nitrogens with zero attached hydrogens (tertiary/aromatic N) is 1. The van der Waals surface area contributed by atoms with Gasteiger partial charge in [-0.1, -0.05) is 30.3 Å². The normalized spacial score (nSPS) is 10.6. The molecule has 0 bridgehead atoms. The average Bonchev–Trinajstić information content (AvgIpc) is 2.78. The van der Waals surface area contributed by atoms with Gasteiger partial charge in [0.15, 0.2) is 6.61 Å². The van der Waals surface area contributed by atoms with E-state index < -0.39 is 18.5 Å². The van der Waals surface area contributed by atoms with E-state index in [0.717, 1.165) is 0 Å². The molecule has 0 atom stereocenters. The van der Waals surface area contributed by atoms with Crippen LogP contribution in [0.2, 0.25) is 0 Å². The van der Waals surface area contributed by atoms with Gasteiger partial charge >= 0.3 is 5.97 Å². The molecule has 0 aliphatic rings. The van der Waals surface area contributed by atoms with Gasteiger partial charge in [-0.15, -0.1) is 0 Å². The molecule has 0 unspecified atom stereocenters. The molecule has 0 fully saturated rings. The summed E-state index contributed by atoms with van der Waals surface area (Å²) in [5.41, 5.74) is 1.04. The number of para-hydroxylation sites is 1. The van der Waals surface area contributed by atoms with Gasteiger partial charge in [-0.25, -0.2) is 4.79 Å². The first-order chi connectivity index (χ1) is 15.0. The van der Waals surface area contributed by atoms with Crippen LogP contribution in [0.4, 0.5) is 5.69 Å². The SMILES string of the molecule is N#C/C(=C\c1ccc(OCC(=O)O)cc1)C(=O)Nc1ccc(Oc2ccccc2)cc1. The second-order valence-electron chi connectivity index (χ2n) is 6.31. The first kappa shape index (κ1) is 21.1. The number of nitriles is 1. The van der Waals surface area contributed by atoms with Crippen molar-refractivity contribution in [2.45, 2.75) is 0 Å². The minimum atomic E-state index is -1.08. The molecule has 154 valence electrons. The zero-order valence-electron chi connectivity index (χ0n) is 16.3. The van der Waals surface area contributed by atoms with Crippen molar-refractivity contribution < 1.29 is 24.2 Å². The van der Waals surface area contributed by atoms with Crippen LogP contribution >= 0.6 is 0 Å². The fourth-order valence-electron chi connectivity index (χ4n) is 2.55. The Morgan fingerprint density at radius 3 is 2.13 bits per heavy atom. The van der Waals surface area contributed by atoms with Crippen molar-refractivity contribution in [2.75, 3.05) is 11.9 Å². The van der Waals surface area contributed by atoms with Crippen LogP contribution < -0.4 is 14.8 Å². The molecule has 3 rings (SSSR count). The van der Waals surface area contributed by atoms with Crippen LogP contribution in [0.25, 0.3) is 6.08 Å². The topological polar surface area (TPSA) is 109 Å². The van der Waals surface area contributed by atoms with Crippen LogP contribution in [0, 0.1) is 11.3 Å². The number of carboxylic acids is 1. The van der Waals surface area contributed by atoms with Gasteiger partial charge in [0, 0.05) is 5.69 Å². The summed E-state index contributed by atoms with van der Waals surface area (Å²) >= 11 is 0. The molecule has 0 aromatic heterocycles. The van der Waals surface area contributed by atoms with E-state index in [9.17, 15) is 14.9 Å². The van der Waals surface area contributed by atoms with E-state index >= 15 is 0 Å². The summed E-state index contributed by atoms with van der Waals surface area (Å²) in [6, 6.07) is 24.4. The van der Waals surface area contributed by atoms with Gasteiger partial charge in [0.25, 0.3) is 5.91 Å². The first-order valence-electron chi connectivity index (χ1n) is 9.24. The molecule has 7 nitrogen and oxygen atoms in total. The molecule has 0 radical (unpaired) electrons. The summed E-state index contributed by atoms with van der Waals surface area (Å²) in [6.07, 6.45) is 1.43. The quantitative estimate of drug-likeness (QED) is 0.415. The predicted molar refractivity (Wildman–Crippen MR) is 115 cm³/mol. The lowest BCUT2D eigenvalue weighted by Gasteiger charge is -2.08. The van der Waals surface area contributed by atoms with E-state index in [1.165, 1.54) is 6.08 Å². The number of hydrogen-bond acceptors (Lipinski definition) is 5. The zero-order chi connectivity index (χ0) is 22.1. The highest BCUT2D eigenvalue weighted by molar-refractivity contribution is 6.09. The number of hydrogen-bond donors (Lipinski definition) is 2. The summed E-state index contributed by atoms with van der Waals surface area (Å²) in [5.74, 6) is 0.0663. The van der Waals surface area contributed by atoms with Gasteiger partial charge in [0.05, 0.1) is 0 Å². The molecule has 0 saturated carbocycles. The van der Waals surface area contributed by atoms with E-state index in [-0.39, 0.29) is 5.57 Å². The van der Waals surface area contributed by atoms with Gasteiger partial charge in [0.1, 0.15) is 28.9 Å². The minimum Gasteiger partial charge on any atom is -0.482 e. The lowest BCUT2D eigenvalue weighted by Crippen LogP contribution is -2.13. The lowest BCUT2D eigenvalue weighted by molar-refractivity contribution is -0.139. The standard InChI is InChI=1S/C24H18N2O5/c25-15-18(14-17-6-10-20(11-7-17)30-16-23(27)28)24(29)26-19-8-12-22(13-9-19)31-21-4-2-1-3-5-21/h1-14H,16H2,(H,26,29)(H,27,28)/b18-14+. The molecule has 31 heavy (non-hydrogen) atoms. The summed E-state index contributed by atoms with van der Waals surface area (Å²) in [5, 5.41) is 20.7. The Kier molecular flexibility index (Phi) is 7.01. The summed E-state index contributed by atoms with van der Waals surface area (Å²) in [7, 11) is 0. The van der Waals surface area contributed by atoms with Crippen molar-refractivity contribution in [3.63, 3.8) is 0 Å². The van der Waals surface area contributed by atoms with Crippen molar-refractivity contribution in [2.24, 2.45) is 0 Å². The van der Waals surface area contributed by atoms with Crippen LogP contribution in [-0.2, 0) is 9.59 Å². The summed E-state index contributed by atoms with van der Waals surface area (Å²) in [4.78, 5) is 23.0. The van der Waals surface area contributed by atoms with Crippen molar-refractivity contribution in [1.82, 2.24) is 0 Å². The smallest absolute Gasteiger partial charge is 0.341 e. The Bertz CT molecular complexity index is 1120. The van der Waals surface area contributed by atoms with Crippen LogP contribution in [0.5, 0.6) is 17.2 Å². The molecule has 7 heteroatoms. The number of nitrogens with one attached hydrogen (secondary N) is 1. The molecule has 3 aromatic carbocycles. The molecule has 0 aliphatic heterocycles. The van der Waals surface area contributed by atoms with Gasteiger partial charge in [-0.3, -0.25) is 4.79 Å². The highest BCUT2D eigenvalue weighted by Gasteiger charge is 2.10. The highest BCUT2D eigenvalue weighted by atomic mass is 16.5. The molecule has 2 N–H and O–H groups in total. The van der Waals surface area contributed by atoms with E-state index in [2.05, 4.69) is 5.32 Å². The van der Waals surface area contributed by atoms with Gasteiger partial charge < -0.3 is 19.9 Å². The first-order valence-corrected chi connectivity index (χ1v) is 9.24. The fourth-order valence-corrected chi connectivity index (χ4v) is 2.55. The van der Waals surface area contributed by atoms with Crippen LogP contribution in [0.1, 0.15) is 5.56 Å². The molecular formula is C24H18N2O5. The Balaban J connectivity index is 1.62. The van der Waals surface area contributed by atoms with E-state index in [0.29, 0.717) is 28.5 Å². The number of carboxylic acid groups (broad SMARTS) is 1. The minimum absolute atomic E-state index is 0.0798. The third-order valence-electron chi connectivity index (χ3n) is 4.01. The average molecular weight is 414 g/mol. The van der Waals surface area contributed by atoms with Crippen molar-refractivity contribution in [1.29, 1.82) is 5.26 Å². The lowest BCUT2D eigenvalue weighted by atomic mass is 10.1. The Hall–Kier alpha value is -4.57. The molecule has 3 aromatic rings. The Labute approximate surface area is 178 Å². The second kappa shape index (κ2) is 10.3. The van der Waals surface area contributed by atoms with E-state index in [1.807, 2.05) is 36.4 Å². The van der Waals surface area contributed by atoms with Crippen LogP contribution in [-0.4, -0.2) is 23.6 Å². The van der Waals surface area contributed by atoms with Crippen molar-refractivity contribution in [3.05, 3.63) is 90.0 Å². The number of anilines is 1. The predicted octanol–water partition coefficient (Wildman–Crippen LogP) is 4.49. The van der Waals surface area contributed by atoms with Gasteiger partial charge in [-0.05, 0) is 60.2 Å². The van der Waals surface area contributed by atoms with Gasteiger partial charge in [0.2, 0.25) is 0 Å². The van der Waals surface area contributed by atoms with Crippen LogP contribution in [0.3, 0.4) is 0 Å². The molecule has 0 saturated heterocycles. The monoisotopic (exact) mass is 414 g/mol. The Morgan fingerprint density at radius 2 is 1.52 bits per heavy atom. The third kappa shape index (κ3) is 6.48. The number of carbonyl (C=O) groups is 2. The molecule has 1 amide bonds. The maximum absolute atomic E-state index is 12.4. The second-order valence-corrected chi connectivity index (χ2v) is 6.31. The zero-order valence-corrected chi connectivity index (χ0v) is 16.3. The maximum atomic E-state index is 12.4. The van der Waals surface area contributed by atoms with Crippen LogP contribution in [0.15, 0.2) is 84.4 Å². The number of ether oxygens (including phenoxy) is 2. The van der Waals surface area contributed by atoms with Crippen molar-refractivity contribution in [3.8, 4) is 23.3 Å². The van der Waals surface area contributed by atoms with Gasteiger partial charge in [-0.2, -0.15) is 5.26 Å². The third-order valence-corrected chi connectivity index (χ3v) is 4.01. The van der Waals surface area contributed by atoms with Crippen molar-refractivity contribution >= 4 is 23.6 Å². The molecule has 0 heterocycles. The maximum Gasteiger partial charge on any atom is 0.341 e. The molecular weight excluding hydrogens is 396 g/mol. The largest absolute Gasteiger partial charge is 0.482 e. The van der Waals surface area contributed by atoms with E-state index in [1.54, 1.807) is 48.5 Å². The summed E-state index contributed by atoms with van der Waals surface area (Å²) < 4.78 is 10.8. The number of rotatable bonds is 8. The molecule has 0 aliphatic carbocycles. The Morgan fingerprint density at radius 1 is 0.903 bits per heavy atom. The molecule has 0 spiro atoms. The number of carbonyl (C=O) groups excluding carboxylic acids is 1. The number of benzene rings is 3. The number of amides is 1. The highest BCUT2D eigenvalue weighted by Crippen LogP contribution is 2.23. The summed E-state index contributed by atoms with van der Waals surface area (Å²) in [6.45, 7) is -0.448. The van der Waals surface area contributed by atoms with E-state index in [4.69, 9.17) is 14.6 Å². The number of aliphatic carboxylic acids is 1.